The summed E-state index contributed by atoms with van der Waals surface area (Å²) in [6, 6.07) is 7.69. The summed E-state index contributed by atoms with van der Waals surface area (Å²) < 4.78 is 10.2. The molecule has 1 aromatic carbocycles. The summed E-state index contributed by atoms with van der Waals surface area (Å²) in [5.74, 6) is 0.357. The minimum absolute atomic E-state index is 0.0111. The second kappa shape index (κ2) is 7.50. The zero-order valence-corrected chi connectivity index (χ0v) is 14.0. The van der Waals surface area contributed by atoms with Gasteiger partial charge in [-0.25, -0.2) is 4.98 Å². The molecule has 0 radical (unpaired) electrons. The fraction of sp³-hybridized carbons (Fsp3) is 0.312. The number of para-hydroxylation sites is 1. The Kier molecular flexibility index (Phi) is 5.17. The lowest BCUT2D eigenvalue weighted by molar-refractivity contribution is -0.116. The number of amides is 2. The number of carbonyl (C=O) groups excluding carboxylic acids is 2. The largest absolute Gasteiger partial charge is 0.446 e. The van der Waals surface area contributed by atoms with Crippen LogP contribution in [0.25, 0.3) is 0 Å². The third kappa shape index (κ3) is 3.60. The number of nitrogens with one attached hydrogen (secondary N) is 1. The predicted molar refractivity (Wildman–Crippen MR) is 89.1 cm³/mol. The van der Waals surface area contributed by atoms with Crippen molar-refractivity contribution in [2.45, 2.75) is 11.4 Å². The van der Waals surface area contributed by atoms with E-state index in [1.807, 2.05) is 24.3 Å². The molecule has 1 N–H and O–H groups in total. The van der Waals surface area contributed by atoms with Gasteiger partial charge in [0, 0.05) is 18.6 Å². The van der Waals surface area contributed by atoms with Crippen LogP contribution in [-0.2, 0) is 16.1 Å². The number of nitrogens with zero attached hydrogens (tertiary/aromatic N) is 2. The molecular formula is C16H17N3O4S. The third-order valence-corrected chi connectivity index (χ3v) is 4.53. The first kappa shape index (κ1) is 16.5. The lowest BCUT2D eigenvalue weighted by Crippen LogP contribution is -2.35. The molecule has 24 heavy (non-hydrogen) atoms. The first-order chi connectivity index (χ1) is 11.7. The molecule has 1 aliphatic heterocycles. The van der Waals surface area contributed by atoms with Gasteiger partial charge in [-0.1, -0.05) is 12.1 Å². The molecule has 3 rings (SSSR count). The van der Waals surface area contributed by atoms with Crippen LogP contribution in [0.5, 0.6) is 0 Å². The van der Waals surface area contributed by atoms with Crippen LogP contribution in [-0.4, -0.2) is 42.8 Å². The molecule has 0 unspecified atom stereocenters. The van der Waals surface area contributed by atoms with E-state index in [4.69, 9.17) is 9.15 Å². The molecule has 0 saturated carbocycles. The minimum Gasteiger partial charge on any atom is -0.446 e. The average molecular weight is 347 g/mol. The Morgan fingerprint density at radius 3 is 3.12 bits per heavy atom. The standard InChI is InChI=1S/C16H17N3O4S/c1-22-7-6-17-16(21)11-9-23-14(18-11)8-19-12-4-2-3-5-13(12)24-10-15(19)20/h2-5,9H,6-8,10H2,1H3,(H,17,21). The number of ether oxygens (including phenoxy) is 1. The van der Waals surface area contributed by atoms with E-state index in [2.05, 4.69) is 10.3 Å². The molecule has 0 spiro atoms. The highest BCUT2D eigenvalue weighted by Crippen LogP contribution is 2.35. The number of oxazole rings is 1. The quantitative estimate of drug-likeness (QED) is 0.801. The van der Waals surface area contributed by atoms with Crippen LogP contribution in [0, 0.1) is 0 Å². The molecule has 0 bridgehead atoms. The Morgan fingerprint density at radius 2 is 2.29 bits per heavy atom. The predicted octanol–water partition coefficient (Wildman–Crippen LogP) is 1.69. The Labute approximate surface area is 143 Å². The van der Waals surface area contributed by atoms with E-state index in [1.54, 1.807) is 12.0 Å². The molecule has 7 nitrogen and oxygen atoms in total. The highest BCUT2D eigenvalue weighted by Gasteiger charge is 2.26. The third-order valence-electron chi connectivity index (χ3n) is 3.48. The maximum absolute atomic E-state index is 12.2. The second-order valence-electron chi connectivity index (χ2n) is 5.11. The van der Waals surface area contributed by atoms with Crippen LogP contribution >= 0.6 is 11.8 Å². The van der Waals surface area contributed by atoms with E-state index in [0.717, 1.165) is 10.6 Å². The summed E-state index contributed by atoms with van der Waals surface area (Å²) in [6.07, 6.45) is 1.30. The van der Waals surface area contributed by atoms with Crippen molar-refractivity contribution in [2.24, 2.45) is 0 Å². The van der Waals surface area contributed by atoms with Crippen LogP contribution in [0.4, 0.5) is 5.69 Å². The Bertz CT molecular complexity index is 746. The van der Waals surface area contributed by atoms with E-state index in [9.17, 15) is 9.59 Å². The highest BCUT2D eigenvalue weighted by atomic mass is 32.2. The minimum atomic E-state index is -0.331. The molecule has 8 heteroatoms. The maximum Gasteiger partial charge on any atom is 0.273 e. The first-order valence-corrected chi connectivity index (χ1v) is 8.41. The number of rotatable bonds is 6. The van der Waals surface area contributed by atoms with E-state index < -0.39 is 0 Å². The van der Waals surface area contributed by atoms with Gasteiger partial charge in [0.15, 0.2) is 5.69 Å². The molecule has 126 valence electrons. The van der Waals surface area contributed by atoms with Gasteiger partial charge in [-0.2, -0.15) is 0 Å². The monoisotopic (exact) mass is 347 g/mol. The van der Waals surface area contributed by atoms with Crippen molar-refractivity contribution < 1.29 is 18.7 Å². The fourth-order valence-corrected chi connectivity index (χ4v) is 3.24. The molecule has 2 heterocycles. The molecule has 2 aromatic rings. The SMILES string of the molecule is COCCNC(=O)c1coc(CN2C(=O)CSc3ccccc32)n1. The van der Waals surface area contributed by atoms with Crippen molar-refractivity contribution in [1.82, 2.24) is 10.3 Å². The van der Waals surface area contributed by atoms with Crippen molar-refractivity contribution in [3.63, 3.8) is 0 Å². The normalized spacial score (nSPS) is 13.7. The van der Waals surface area contributed by atoms with Crippen LogP contribution in [0.2, 0.25) is 0 Å². The van der Waals surface area contributed by atoms with Crippen molar-refractivity contribution in [2.75, 3.05) is 30.9 Å². The maximum atomic E-state index is 12.2. The molecule has 0 atom stereocenters. The molecule has 1 aliphatic rings. The number of hydrogen-bond donors (Lipinski definition) is 1. The van der Waals surface area contributed by atoms with Gasteiger partial charge < -0.3 is 19.4 Å². The molecule has 0 fully saturated rings. The molecule has 0 saturated heterocycles. The van der Waals surface area contributed by atoms with Gasteiger partial charge in [-0.3, -0.25) is 9.59 Å². The zero-order chi connectivity index (χ0) is 16.9. The van der Waals surface area contributed by atoms with Gasteiger partial charge in [0.1, 0.15) is 12.8 Å². The van der Waals surface area contributed by atoms with Crippen molar-refractivity contribution >= 4 is 29.3 Å². The fourth-order valence-electron chi connectivity index (χ4n) is 2.31. The van der Waals surface area contributed by atoms with Crippen molar-refractivity contribution in [3.05, 3.63) is 42.1 Å². The summed E-state index contributed by atoms with van der Waals surface area (Å²) in [7, 11) is 1.56. The number of thioether (sulfide) groups is 1. The summed E-state index contributed by atoms with van der Waals surface area (Å²) in [6.45, 7) is 1.02. The van der Waals surface area contributed by atoms with Gasteiger partial charge in [-0.05, 0) is 12.1 Å². The smallest absolute Gasteiger partial charge is 0.273 e. The molecular weight excluding hydrogens is 330 g/mol. The van der Waals surface area contributed by atoms with Crippen LogP contribution in [0.3, 0.4) is 0 Å². The highest BCUT2D eigenvalue weighted by molar-refractivity contribution is 8.00. The Balaban J connectivity index is 1.71. The zero-order valence-electron chi connectivity index (χ0n) is 13.2. The number of anilines is 1. The number of methoxy groups -OCH3 is 1. The molecule has 0 aliphatic carbocycles. The topological polar surface area (TPSA) is 84.7 Å². The number of fused-ring (bicyclic) bond motifs is 1. The number of aromatic nitrogens is 1. The van der Waals surface area contributed by atoms with Crippen molar-refractivity contribution in [3.8, 4) is 0 Å². The van der Waals surface area contributed by atoms with Gasteiger partial charge >= 0.3 is 0 Å². The second-order valence-corrected chi connectivity index (χ2v) is 6.13. The van der Waals surface area contributed by atoms with E-state index in [1.165, 1.54) is 18.0 Å². The number of carbonyl (C=O) groups is 2. The lowest BCUT2D eigenvalue weighted by atomic mass is 10.2. The molecule has 2 amide bonds. The Morgan fingerprint density at radius 1 is 1.46 bits per heavy atom. The van der Waals surface area contributed by atoms with Crippen LogP contribution in [0.1, 0.15) is 16.4 Å². The average Bonchev–Trinajstić information content (AvgIpc) is 3.06. The number of benzene rings is 1. The van der Waals surface area contributed by atoms with E-state index in [-0.39, 0.29) is 24.1 Å². The van der Waals surface area contributed by atoms with Crippen LogP contribution < -0.4 is 10.2 Å². The van der Waals surface area contributed by atoms with Crippen molar-refractivity contribution in [1.29, 1.82) is 0 Å². The van der Waals surface area contributed by atoms with Gasteiger partial charge in [0.2, 0.25) is 11.8 Å². The number of hydrogen-bond acceptors (Lipinski definition) is 6. The first-order valence-electron chi connectivity index (χ1n) is 7.43. The van der Waals surface area contributed by atoms with Gasteiger partial charge in [0.25, 0.3) is 5.91 Å². The van der Waals surface area contributed by atoms with E-state index >= 15 is 0 Å². The van der Waals surface area contributed by atoms with Gasteiger partial charge in [0.05, 0.1) is 18.0 Å². The lowest BCUT2D eigenvalue weighted by Gasteiger charge is -2.27. The summed E-state index contributed by atoms with van der Waals surface area (Å²) in [5, 5.41) is 2.67. The summed E-state index contributed by atoms with van der Waals surface area (Å²) in [4.78, 5) is 31.0. The van der Waals surface area contributed by atoms with Gasteiger partial charge in [-0.15, -0.1) is 11.8 Å². The molecule has 1 aromatic heterocycles. The van der Waals surface area contributed by atoms with Crippen LogP contribution in [0.15, 0.2) is 39.8 Å². The van der Waals surface area contributed by atoms with E-state index in [0.29, 0.717) is 24.8 Å². The summed E-state index contributed by atoms with van der Waals surface area (Å²) in [5.41, 5.74) is 1.02. The Hall–Kier alpha value is -2.32. The summed E-state index contributed by atoms with van der Waals surface area (Å²) >= 11 is 1.51.